The van der Waals surface area contributed by atoms with Crippen LogP contribution in [0.1, 0.15) is 13.8 Å². The molecule has 0 aliphatic heterocycles. The van der Waals surface area contributed by atoms with E-state index in [0.29, 0.717) is 12.8 Å². The van der Waals surface area contributed by atoms with E-state index < -0.39 is 8.03 Å². The lowest BCUT2D eigenvalue weighted by molar-refractivity contribution is 0.351. The molecule has 0 aromatic rings. The maximum atomic E-state index is 10.3. The molecule has 48 valence electrons. The summed E-state index contributed by atoms with van der Waals surface area (Å²) in [6.45, 7) is 4.24. The molecule has 0 fully saturated rings. The number of hydrogen-bond acceptors (Lipinski definition) is 2. The number of rotatable bonds is 3. The minimum absolute atomic E-state index is 0. The minimum atomic E-state index is -1.33. The molecule has 0 aliphatic carbocycles. The van der Waals surface area contributed by atoms with Gasteiger partial charge in [-0.2, -0.15) is 0 Å². The van der Waals surface area contributed by atoms with E-state index >= 15 is 0 Å². The van der Waals surface area contributed by atoms with Gasteiger partial charge in [-0.25, -0.2) is 0 Å². The van der Waals surface area contributed by atoms with Crippen LogP contribution in [-0.2, 0) is 9.09 Å². The smallest absolute Gasteiger partial charge is 0.147 e. The quantitative estimate of drug-likeness (QED) is 0.436. The molecule has 1 atom stereocenters. The highest BCUT2D eigenvalue weighted by atomic mass is 31.1. The topological polar surface area (TPSA) is 26.3 Å². The molecule has 0 amide bonds. The molecular weight excluding hydrogens is 138 g/mol. The van der Waals surface area contributed by atoms with Crippen LogP contribution < -0.4 is 0 Å². The lowest BCUT2D eigenvalue weighted by Crippen LogP contribution is -1.76. The molecule has 0 rings (SSSR count). The molecule has 0 spiro atoms. The first kappa shape index (κ1) is 11.4. The van der Waals surface area contributed by atoms with E-state index in [9.17, 15) is 4.57 Å². The van der Waals surface area contributed by atoms with E-state index in [0.717, 1.165) is 0 Å². The van der Waals surface area contributed by atoms with Gasteiger partial charge >= 0.3 is 8.03 Å². The van der Waals surface area contributed by atoms with Gasteiger partial charge in [-0.05, 0) is 18.4 Å². The average molecular weight is 151 g/mol. The molecule has 1 unspecified atom stereocenters. The number of hydrogen-bond donors (Lipinski definition) is 0. The largest absolute Gasteiger partial charge is 0.507 e. The highest BCUT2D eigenvalue weighted by Crippen LogP contribution is 2.19. The highest BCUT2D eigenvalue weighted by Gasteiger charge is 2.08. The zero-order valence-electron chi connectivity index (χ0n) is 4.68. The van der Waals surface area contributed by atoms with Crippen molar-refractivity contribution in [2.24, 2.45) is 0 Å². The second kappa shape index (κ2) is 7.59. The molecule has 0 radical (unpaired) electrons. The van der Waals surface area contributed by atoms with Gasteiger partial charge in [0.1, 0.15) is 0 Å². The lowest BCUT2D eigenvalue weighted by Gasteiger charge is -1.75. The first-order valence-electron chi connectivity index (χ1n) is 2.38. The van der Waals surface area contributed by atoms with Crippen molar-refractivity contribution in [3.8, 4) is 0 Å². The van der Waals surface area contributed by atoms with Crippen LogP contribution in [0.2, 0.25) is 0 Å². The van der Waals surface area contributed by atoms with Crippen LogP contribution in [0, 0.1) is 0 Å². The third-order valence-corrected chi connectivity index (χ3v) is 1.59. The Bertz CT molecular complexity index is 67.1. The average Bonchev–Trinajstić information content (AvgIpc) is 1.68. The molecule has 0 saturated carbocycles. The van der Waals surface area contributed by atoms with Gasteiger partial charge in [0.05, 0.1) is 6.61 Å². The Morgan fingerprint density at radius 3 is 2.12 bits per heavy atom. The van der Waals surface area contributed by atoms with E-state index in [1.807, 2.05) is 13.8 Å². The Hall–Kier alpha value is 0.592. The van der Waals surface area contributed by atoms with Crippen molar-refractivity contribution in [2.75, 3.05) is 12.8 Å². The predicted molar refractivity (Wildman–Crippen MR) is 39.7 cm³/mol. The van der Waals surface area contributed by atoms with Crippen LogP contribution in [-0.4, -0.2) is 30.1 Å². The molecule has 2 nitrogen and oxygen atoms in total. The third-order valence-electron chi connectivity index (χ3n) is 0.531. The normalized spacial score (nSPS) is 10.0. The summed E-state index contributed by atoms with van der Waals surface area (Å²) >= 11 is 0. The maximum absolute atomic E-state index is 10.3. The van der Waals surface area contributed by atoms with Gasteiger partial charge in [-0.3, -0.25) is 0 Å². The van der Waals surface area contributed by atoms with Crippen LogP contribution in [0.15, 0.2) is 0 Å². The first-order valence-corrected chi connectivity index (χ1v) is 3.75. The summed E-state index contributed by atoms with van der Waals surface area (Å²) < 4.78 is 15.0. The molecule has 0 aromatic heterocycles. The van der Waals surface area contributed by atoms with Crippen molar-refractivity contribution in [1.29, 1.82) is 0 Å². The van der Waals surface area contributed by atoms with Crippen molar-refractivity contribution >= 4 is 25.4 Å². The zero-order valence-corrected chi connectivity index (χ0v) is 5.57. The second-order valence-corrected chi connectivity index (χ2v) is 2.62. The van der Waals surface area contributed by atoms with Gasteiger partial charge in [-0.1, -0.05) is 0 Å². The lowest BCUT2D eigenvalue weighted by atomic mass is 10.9. The zero-order chi connectivity index (χ0) is 5.70. The molecule has 0 heterocycles. The van der Waals surface area contributed by atoms with Gasteiger partial charge in [-0.15, -0.1) is 4.52 Å². The van der Waals surface area contributed by atoms with E-state index in [2.05, 4.69) is 0 Å². The maximum Gasteiger partial charge on any atom is 0.507 e. The van der Waals surface area contributed by atoms with Crippen LogP contribution in [0.4, 0.5) is 0 Å². The Morgan fingerprint density at radius 1 is 1.50 bits per heavy atom. The molecule has 4 heteroatoms. The van der Waals surface area contributed by atoms with Gasteiger partial charge < -0.3 is 0 Å². The van der Waals surface area contributed by atoms with Crippen molar-refractivity contribution < 1.29 is 9.09 Å². The summed E-state index contributed by atoms with van der Waals surface area (Å²) in [5.74, 6) is 0. The summed E-state index contributed by atoms with van der Waals surface area (Å²) in [5.41, 5.74) is 0. The fraction of sp³-hybridized carbons (Fsp3) is 1.00. The van der Waals surface area contributed by atoms with Gasteiger partial charge in [0.2, 0.25) is 0 Å². The molecule has 8 heavy (non-hydrogen) atoms. The van der Waals surface area contributed by atoms with Crippen molar-refractivity contribution in [1.82, 2.24) is 0 Å². The molecule has 0 bridgehead atoms. The fourth-order valence-electron chi connectivity index (χ4n) is 0.235. The third kappa shape index (κ3) is 6.59. The monoisotopic (exact) mass is 151 g/mol. The molecule has 0 aliphatic rings. The van der Waals surface area contributed by atoms with Crippen molar-refractivity contribution in [3.63, 3.8) is 0 Å². The van der Waals surface area contributed by atoms with Crippen LogP contribution in [0.5, 0.6) is 0 Å². The summed E-state index contributed by atoms with van der Waals surface area (Å²) in [5, 5.41) is 0. The summed E-state index contributed by atoms with van der Waals surface area (Å²) in [4.78, 5) is 0. The van der Waals surface area contributed by atoms with Crippen molar-refractivity contribution in [3.05, 3.63) is 0 Å². The Morgan fingerprint density at radius 2 is 2.00 bits per heavy atom. The summed E-state index contributed by atoms with van der Waals surface area (Å²) in [7, 11) is -1.33. The fourth-order valence-corrected chi connectivity index (χ4v) is 0.706. The summed E-state index contributed by atoms with van der Waals surface area (Å²) in [6, 6.07) is 0. The Labute approximate surface area is 61.6 Å². The van der Waals surface area contributed by atoms with E-state index in [-0.39, 0.29) is 17.4 Å². The minimum Gasteiger partial charge on any atom is -0.147 e. The highest BCUT2D eigenvalue weighted by molar-refractivity contribution is 7.39. The molecule has 0 aromatic carbocycles. The van der Waals surface area contributed by atoms with E-state index in [4.69, 9.17) is 4.52 Å². The first-order chi connectivity index (χ1) is 3.31. The van der Waals surface area contributed by atoms with Crippen molar-refractivity contribution in [2.45, 2.75) is 13.8 Å². The molecule has 0 N–H and O–H groups in total. The van der Waals surface area contributed by atoms with Crippen LogP contribution in [0.25, 0.3) is 0 Å². The Balaban J connectivity index is 0. The molecular formula is C4H13AlO2P+. The van der Waals surface area contributed by atoms with E-state index in [1.54, 1.807) is 0 Å². The molecule has 0 saturated heterocycles. The summed E-state index contributed by atoms with van der Waals surface area (Å²) in [6.07, 6.45) is 0.628. The Kier molecular flexibility index (Phi) is 10.8. The van der Waals surface area contributed by atoms with Gasteiger partial charge in [0.25, 0.3) is 0 Å². The SMILES string of the molecule is CCO[P+](=O)CC.[AlH3]. The van der Waals surface area contributed by atoms with Gasteiger partial charge in [0, 0.05) is 0 Å². The van der Waals surface area contributed by atoms with Crippen LogP contribution in [0.3, 0.4) is 0 Å². The second-order valence-electron chi connectivity index (χ2n) is 1.07. The predicted octanol–water partition coefficient (Wildman–Crippen LogP) is 0.601. The standard InChI is InChI=1S/C4H10O2P.Al.3H/c1-3-6-7(5)4-2;;;;/h3-4H2,1-2H3;;;;/q+1;;;;. The van der Waals surface area contributed by atoms with Crippen LogP contribution >= 0.6 is 8.03 Å². The van der Waals surface area contributed by atoms with Gasteiger partial charge in [0.15, 0.2) is 23.5 Å². The van der Waals surface area contributed by atoms with E-state index in [1.165, 1.54) is 0 Å².